The minimum atomic E-state index is -0.0532. The second kappa shape index (κ2) is 7.46. The van der Waals surface area contributed by atoms with Crippen LogP contribution in [0.3, 0.4) is 0 Å². The van der Waals surface area contributed by atoms with Crippen LogP contribution in [0.5, 0.6) is 5.75 Å². The van der Waals surface area contributed by atoms with Crippen LogP contribution in [-0.2, 0) is 17.8 Å². The molecule has 3 heterocycles. The molecule has 0 bridgehead atoms. The van der Waals surface area contributed by atoms with E-state index in [0.717, 1.165) is 44.6 Å². The molecule has 136 valence electrons. The van der Waals surface area contributed by atoms with E-state index in [0.29, 0.717) is 0 Å². The SMILES string of the molecule is CN1Cc2ccccc2C[C@H]1C(=O)N1CCC(Oc2ccncc2)CC1. The van der Waals surface area contributed by atoms with Crippen LogP contribution in [0.2, 0.25) is 0 Å². The second-order valence-corrected chi connectivity index (χ2v) is 7.23. The fourth-order valence-electron chi connectivity index (χ4n) is 3.94. The quantitative estimate of drug-likeness (QED) is 0.852. The normalized spacial score (nSPS) is 21.3. The zero-order valence-corrected chi connectivity index (χ0v) is 15.2. The Morgan fingerprint density at radius 2 is 1.77 bits per heavy atom. The van der Waals surface area contributed by atoms with Gasteiger partial charge in [-0.25, -0.2) is 0 Å². The molecule has 0 saturated carbocycles. The van der Waals surface area contributed by atoms with E-state index < -0.39 is 0 Å². The molecule has 1 aromatic carbocycles. The summed E-state index contributed by atoms with van der Waals surface area (Å²) in [5.74, 6) is 1.11. The maximum atomic E-state index is 13.1. The number of aromatic nitrogens is 1. The minimum Gasteiger partial charge on any atom is -0.490 e. The Hall–Kier alpha value is -2.40. The lowest BCUT2D eigenvalue weighted by Crippen LogP contribution is -2.52. The lowest BCUT2D eigenvalue weighted by atomic mass is 9.93. The summed E-state index contributed by atoms with van der Waals surface area (Å²) < 4.78 is 6.01. The first-order valence-corrected chi connectivity index (χ1v) is 9.33. The smallest absolute Gasteiger partial charge is 0.240 e. The average molecular weight is 351 g/mol. The van der Waals surface area contributed by atoms with Crippen molar-refractivity contribution in [1.29, 1.82) is 0 Å². The molecule has 0 N–H and O–H groups in total. The van der Waals surface area contributed by atoms with Gasteiger partial charge in [0.2, 0.25) is 5.91 Å². The Morgan fingerprint density at radius 1 is 1.08 bits per heavy atom. The van der Waals surface area contributed by atoms with Crippen LogP contribution in [0.1, 0.15) is 24.0 Å². The molecule has 0 spiro atoms. The number of likely N-dealkylation sites (N-methyl/N-ethyl adjacent to an activating group) is 1. The third-order valence-electron chi connectivity index (χ3n) is 5.47. The predicted molar refractivity (Wildman–Crippen MR) is 99.9 cm³/mol. The zero-order valence-electron chi connectivity index (χ0n) is 15.2. The van der Waals surface area contributed by atoms with E-state index in [4.69, 9.17) is 4.74 Å². The molecule has 2 aliphatic heterocycles. The van der Waals surface area contributed by atoms with E-state index in [9.17, 15) is 4.79 Å². The Kier molecular flexibility index (Phi) is 4.89. The summed E-state index contributed by atoms with van der Waals surface area (Å²) in [5.41, 5.74) is 2.64. The highest BCUT2D eigenvalue weighted by Crippen LogP contribution is 2.25. The third-order valence-corrected chi connectivity index (χ3v) is 5.47. The number of likely N-dealkylation sites (tertiary alicyclic amines) is 1. The number of benzene rings is 1. The van der Waals surface area contributed by atoms with Crippen molar-refractivity contribution in [2.24, 2.45) is 0 Å². The monoisotopic (exact) mass is 351 g/mol. The summed E-state index contributed by atoms with van der Waals surface area (Å²) in [6.45, 7) is 2.37. The van der Waals surface area contributed by atoms with Gasteiger partial charge in [0.05, 0.1) is 6.04 Å². The topological polar surface area (TPSA) is 45.7 Å². The number of piperidine rings is 1. The highest BCUT2D eigenvalue weighted by atomic mass is 16.5. The summed E-state index contributed by atoms with van der Waals surface area (Å²) in [6, 6.07) is 12.2. The Bertz CT molecular complexity index is 757. The summed E-state index contributed by atoms with van der Waals surface area (Å²) in [6.07, 6.45) is 6.21. The van der Waals surface area contributed by atoms with Gasteiger partial charge in [-0.15, -0.1) is 0 Å². The van der Waals surface area contributed by atoms with Crippen LogP contribution >= 0.6 is 0 Å². The molecule has 5 nitrogen and oxygen atoms in total. The molecule has 0 radical (unpaired) electrons. The Balaban J connectivity index is 1.35. The van der Waals surface area contributed by atoms with Crippen molar-refractivity contribution in [2.45, 2.75) is 38.0 Å². The summed E-state index contributed by atoms with van der Waals surface area (Å²) in [7, 11) is 2.05. The van der Waals surface area contributed by atoms with Crippen molar-refractivity contribution < 1.29 is 9.53 Å². The van der Waals surface area contributed by atoms with Gasteiger partial charge in [-0.2, -0.15) is 0 Å². The Labute approximate surface area is 154 Å². The molecule has 1 aromatic heterocycles. The summed E-state index contributed by atoms with van der Waals surface area (Å²) in [5, 5.41) is 0. The molecule has 1 atom stereocenters. The number of pyridine rings is 1. The van der Waals surface area contributed by atoms with Crippen LogP contribution in [0.15, 0.2) is 48.8 Å². The molecule has 5 heteroatoms. The number of carbonyl (C=O) groups is 1. The average Bonchev–Trinajstić information content (AvgIpc) is 2.68. The molecule has 0 unspecified atom stereocenters. The van der Waals surface area contributed by atoms with Crippen molar-refractivity contribution in [1.82, 2.24) is 14.8 Å². The van der Waals surface area contributed by atoms with Gasteiger partial charge in [0.15, 0.2) is 0 Å². The first-order chi connectivity index (χ1) is 12.7. The van der Waals surface area contributed by atoms with E-state index in [-0.39, 0.29) is 18.1 Å². The highest BCUT2D eigenvalue weighted by molar-refractivity contribution is 5.82. The standard InChI is InChI=1S/C21H25N3O2/c1-23-15-17-5-3-2-4-16(17)14-20(23)21(25)24-12-8-19(9-13-24)26-18-6-10-22-11-7-18/h2-7,10-11,19-20H,8-9,12-15H2,1H3/t20-/m0/s1. The fourth-order valence-corrected chi connectivity index (χ4v) is 3.94. The van der Waals surface area contributed by atoms with Crippen LogP contribution < -0.4 is 4.74 Å². The number of nitrogens with zero attached hydrogens (tertiary/aromatic N) is 3. The van der Waals surface area contributed by atoms with Gasteiger partial charge in [0.1, 0.15) is 11.9 Å². The first kappa shape index (κ1) is 17.0. The van der Waals surface area contributed by atoms with Crippen molar-refractivity contribution in [3.63, 3.8) is 0 Å². The zero-order chi connectivity index (χ0) is 17.9. The van der Waals surface area contributed by atoms with Gasteiger partial charge in [0, 0.05) is 44.9 Å². The van der Waals surface area contributed by atoms with E-state index in [1.165, 1.54) is 11.1 Å². The maximum Gasteiger partial charge on any atom is 0.240 e. The van der Waals surface area contributed by atoms with Gasteiger partial charge >= 0.3 is 0 Å². The largest absolute Gasteiger partial charge is 0.490 e. The van der Waals surface area contributed by atoms with Gasteiger partial charge in [-0.3, -0.25) is 14.7 Å². The van der Waals surface area contributed by atoms with E-state index >= 15 is 0 Å². The molecule has 1 fully saturated rings. The molecular weight excluding hydrogens is 326 g/mol. The predicted octanol–water partition coefficient (Wildman–Crippen LogP) is 2.51. The molecule has 2 aromatic rings. The molecule has 4 rings (SSSR count). The number of hydrogen-bond donors (Lipinski definition) is 0. The van der Waals surface area contributed by atoms with Gasteiger partial charge in [-0.05, 0) is 36.7 Å². The summed E-state index contributed by atoms with van der Waals surface area (Å²) in [4.78, 5) is 21.3. The molecule has 2 aliphatic rings. The molecule has 26 heavy (non-hydrogen) atoms. The highest BCUT2D eigenvalue weighted by Gasteiger charge is 2.34. The lowest BCUT2D eigenvalue weighted by Gasteiger charge is -2.39. The number of fused-ring (bicyclic) bond motifs is 1. The Morgan fingerprint density at radius 3 is 2.50 bits per heavy atom. The van der Waals surface area contributed by atoms with Crippen LogP contribution in [0, 0.1) is 0 Å². The van der Waals surface area contributed by atoms with Crippen molar-refractivity contribution in [2.75, 3.05) is 20.1 Å². The number of rotatable bonds is 3. The number of hydrogen-bond acceptors (Lipinski definition) is 4. The molecule has 1 saturated heterocycles. The first-order valence-electron chi connectivity index (χ1n) is 9.33. The molecule has 1 amide bonds. The van der Waals surface area contributed by atoms with Gasteiger partial charge in [0.25, 0.3) is 0 Å². The third kappa shape index (κ3) is 3.58. The fraction of sp³-hybridized carbons (Fsp3) is 0.429. The van der Waals surface area contributed by atoms with Crippen molar-refractivity contribution in [3.05, 3.63) is 59.9 Å². The van der Waals surface area contributed by atoms with E-state index in [2.05, 4.69) is 41.2 Å². The van der Waals surface area contributed by atoms with Crippen molar-refractivity contribution >= 4 is 5.91 Å². The summed E-state index contributed by atoms with van der Waals surface area (Å²) >= 11 is 0. The van der Waals surface area contributed by atoms with Crippen LogP contribution in [-0.4, -0.2) is 53.0 Å². The van der Waals surface area contributed by atoms with Crippen LogP contribution in [0.25, 0.3) is 0 Å². The van der Waals surface area contributed by atoms with Crippen molar-refractivity contribution in [3.8, 4) is 5.75 Å². The number of ether oxygens (including phenoxy) is 1. The van der Waals surface area contributed by atoms with E-state index in [1.807, 2.05) is 17.0 Å². The van der Waals surface area contributed by atoms with Crippen LogP contribution in [0.4, 0.5) is 0 Å². The second-order valence-electron chi connectivity index (χ2n) is 7.23. The van der Waals surface area contributed by atoms with E-state index in [1.54, 1.807) is 12.4 Å². The lowest BCUT2D eigenvalue weighted by molar-refractivity contribution is -0.138. The number of amides is 1. The number of carbonyl (C=O) groups excluding carboxylic acids is 1. The molecule has 0 aliphatic carbocycles. The van der Waals surface area contributed by atoms with Gasteiger partial charge in [-0.1, -0.05) is 24.3 Å². The maximum absolute atomic E-state index is 13.1. The van der Waals surface area contributed by atoms with Gasteiger partial charge < -0.3 is 9.64 Å². The molecular formula is C21H25N3O2. The minimum absolute atomic E-state index is 0.0532.